The van der Waals surface area contributed by atoms with Gasteiger partial charge in [0.15, 0.2) is 0 Å². The quantitative estimate of drug-likeness (QED) is 0.455. The van der Waals surface area contributed by atoms with E-state index in [-0.39, 0.29) is 5.28 Å². The van der Waals surface area contributed by atoms with E-state index in [0.717, 1.165) is 32.8 Å². The second kappa shape index (κ2) is 6.23. The number of benzene rings is 2. The molecule has 0 radical (unpaired) electrons. The van der Waals surface area contributed by atoms with Gasteiger partial charge in [-0.05, 0) is 41.8 Å². The van der Waals surface area contributed by atoms with Crippen LogP contribution in [0, 0.1) is 6.92 Å². The Morgan fingerprint density at radius 2 is 1.83 bits per heavy atom. The van der Waals surface area contributed by atoms with Crippen molar-refractivity contribution in [3.8, 4) is 11.1 Å². The zero-order valence-electron chi connectivity index (χ0n) is 13.0. The molecule has 0 unspecified atom stereocenters. The minimum absolute atomic E-state index is 0.249. The van der Waals surface area contributed by atoms with Gasteiger partial charge in [0.2, 0.25) is 5.28 Å². The zero-order chi connectivity index (χ0) is 16.5. The lowest BCUT2D eigenvalue weighted by Crippen LogP contribution is -1.97. The van der Waals surface area contributed by atoms with E-state index in [0.29, 0.717) is 0 Å². The Bertz CT molecular complexity index is 1010. The first-order chi connectivity index (χ1) is 11.7. The van der Waals surface area contributed by atoms with Crippen LogP contribution >= 0.6 is 22.9 Å². The van der Waals surface area contributed by atoms with Crippen molar-refractivity contribution in [2.45, 2.75) is 6.92 Å². The van der Waals surface area contributed by atoms with E-state index < -0.39 is 0 Å². The van der Waals surface area contributed by atoms with Crippen molar-refractivity contribution in [2.24, 2.45) is 0 Å². The van der Waals surface area contributed by atoms with Crippen LogP contribution in [0.1, 0.15) is 5.56 Å². The van der Waals surface area contributed by atoms with Gasteiger partial charge >= 0.3 is 0 Å². The van der Waals surface area contributed by atoms with Crippen molar-refractivity contribution >= 4 is 44.7 Å². The van der Waals surface area contributed by atoms with Crippen molar-refractivity contribution < 1.29 is 0 Å². The topological polar surface area (TPSA) is 37.8 Å². The summed E-state index contributed by atoms with van der Waals surface area (Å²) in [6.45, 7) is 2.06. The number of thiophene rings is 1. The number of hydrogen-bond donors (Lipinski definition) is 1. The monoisotopic (exact) mass is 351 g/mol. The van der Waals surface area contributed by atoms with Crippen LogP contribution in [0.25, 0.3) is 21.3 Å². The molecule has 4 aromatic rings. The maximum atomic E-state index is 6.12. The van der Waals surface area contributed by atoms with Crippen molar-refractivity contribution in [3.63, 3.8) is 0 Å². The van der Waals surface area contributed by atoms with Gasteiger partial charge in [-0.25, -0.2) is 4.98 Å². The van der Waals surface area contributed by atoms with Gasteiger partial charge in [-0.1, -0.05) is 42.5 Å². The van der Waals surface area contributed by atoms with E-state index in [1.54, 1.807) is 11.3 Å². The normalized spacial score (nSPS) is 10.9. The van der Waals surface area contributed by atoms with Crippen LogP contribution in [-0.4, -0.2) is 9.97 Å². The Labute approximate surface area is 149 Å². The fraction of sp³-hybridized carbons (Fsp3) is 0.0526. The molecular formula is C19H14ClN3S. The summed E-state index contributed by atoms with van der Waals surface area (Å²) in [6.07, 6.45) is 0. The van der Waals surface area contributed by atoms with Gasteiger partial charge in [-0.3, -0.25) is 0 Å². The van der Waals surface area contributed by atoms with E-state index in [1.165, 1.54) is 5.56 Å². The molecule has 0 amide bonds. The third kappa shape index (κ3) is 2.86. The summed E-state index contributed by atoms with van der Waals surface area (Å²) in [5, 5.41) is 6.75. The molecule has 0 saturated carbocycles. The van der Waals surface area contributed by atoms with E-state index in [1.807, 2.05) is 30.3 Å². The molecule has 2 aromatic heterocycles. The van der Waals surface area contributed by atoms with Crippen LogP contribution in [-0.2, 0) is 0 Å². The molecule has 0 aliphatic carbocycles. The molecule has 0 aliphatic heterocycles. The molecule has 4 rings (SSSR count). The number of anilines is 2. The summed E-state index contributed by atoms with van der Waals surface area (Å²) in [6, 6.07) is 18.4. The Kier molecular flexibility index (Phi) is 3.92. The van der Waals surface area contributed by atoms with E-state index in [2.05, 4.69) is 51.9 Å². The fourth-order valence-corrected chi connectivity index (χ4v) is 3.86. The lowest BCUT2D eigenvalue weighted by atomic mass is 10.1. The number of hydrogen-bond acceptors (Lipinski definition) is 4. The molecule has 118 valence electrons. The summed E-state index contributed by atoms with van der Waals surface area (Å²) in [7, 11) is 0. The highest BCUT2D eigenvalue weighted by Gasteiger charge is 2.15. The highest BCUT2D eigenvalue weighted by Crippen LogP contribution is 2.38. The standard InChI is InChI=1S/C19H14ClN3S/c1-12-6-5-9-14(10-12)21-17-16-15(13-7-3-2-4-8-13)11-24-18(16)23-19(20)22-17/h2-11H,1H3,(H,21,22,23). The third-order valence-electron chi connectivity index (χ3n) is 3.77. The highest BCUT2D eigenvalue weighted by molar-refractivity contribution is 7.17. The van der Waals surface area contributed by atoms with Crippen LogP contribution in [0.15, 0.2) is 60.0 Å². The molecule has 2 aromatic carbocycles. The van der Waals surface area contributed by atoms with E-state index >= 15 is 0 Å². The third-order valence-corrected chi connectivity index (χ3v) is 4.81. The van der Waals surface area contributed by atoms with Crippen LogP contribution in [0.4, 0.5) is 11.5 Å². The van der Waals surface area contributed by atoms with Gasteiger partial charge < -0.3 is 5.32 Å². The summed E-state index contributed by atoms with van der Waals surface area (Å²) >= 11 is 7.70. The van der Waals surface area contributed by atoms with Crippen molar-refractivity contribution in [1.82, 2.24) is 9.97 Å². The fourth-order valence-electron chi connectivity index (χ4n) is 2.70. The van der Waals surface area contributed by atoms with Gasteiger partial charge in [0.1, 0.15) is 10.6 Å². The summed E-state index contributed by atoms with van der Waals surface area (Å²) in [5.74, 6) is 0.732. The molecule has 0 atom stereocenters. The molecule has 0 bridgehead atoms. The minimum Gasteiger partial charge on any atom is -0.340 e. The minimum atomic E-state index is 0.249. The Morgan fingerprint density at radius 3 is 2.62 bits per heavy atom. The maximum Gasteiger partial charge on any atom is 0.225 e. The first-order valence-electron chi connectivity index (χ1n) is 7.54. The molecule has 0 fully saturated rings. The second-order valence-corrected chi connectivity index (χ2v) is 6.73. The number of rotatable bonds is 3. The Morgan fingerprint density at radius 1 is 1.00 bits per heavy atom. The Balaban J connectivity index is 1.89. The molecule has 0 saturated heterocycles. The van der Waals surface area contributed by atoms with Crippen LogP contribution in [0.5, 0.6) is 0 Å². The Hall–Kier alpha value is -2.43. The number of fused-ring (bicyclic) bond motifs is 1. The van der Waals surface area contributed by atoms with Crippen molar-refractivity contribution in [2.75, 3.05) is 5.32 Å². The van der Waals surface area contributed by atoms with Crippen LogP contribution in [0.3, 0.4) is 0 Å². The average molecular weight is 352 g/mol. The first-order valence-corrected chi connectivity index (χ1v) is 8.80. The van der Waals surface area contributed by atoms with Gasteiger partial charge in [0.05, 0.1) is 5.39 Å². The SMILES string of the molecule is Cc1cccc(Nc2nc(Cl)nc3scc(-c4ccccc4)c23)c1. The number of aryl methyl sites for hydroxylation is 1. The van der Waals surface area contributed by atoms with Crippen molar-refractivity contribution in [1.29, 1.82) is 0 Å². The van der Waals surface area contributed by atoms with Gasteiger partial charge in [0.25, 0.3) is 0 Å². The van der Waals surface area contributed by atoms with Gasteiger partial charge in [0, 0.05) is 16.6 Å². The van der Waals surface area contributed by atoms with Crippen LogP contribution < -0.4 is 5.32 Å². The van der Waals surface area contributed by atoms with E-state index in [9.17, 15) is 0 Å². The first kappa shape index (κ1) is 15.1. The summed E-state index contributed by atoms with van der Waals surface area (Å²) in [5.41, 5.74) is 4.42. The van der Waals surface area contributed by atoms with Crippen molar-refractivity contribution in [3.05, 3.63) is 70.8 Å². The molecule has 0 spiro atoms. The number of nitrogens with one attached hydrogen (secondary N) is 1. The predicted octanol–water partition coefficient (Wildman–Crippen LogP) is 6.06. The predicted molar refractivity (Wildman–Crippen MR) is 102 cm³/mol. The average Bonchev–Trinajstić information content (AvgIpc) is 2.99. The molecule has 1 N–H and O–H groups in total. The molecule has 0 aliphatic rings. The lowest BCUT2D eigenvalue weighted by Gasteiger charge is -2.09. The molecule has 3 nitrogen and oxygen atoms in total. The molecular weight excluding hydrogens is 338 g/mol. The number of halogens is 1. The van der Waals surface area contributed by atoms with Gasteiger partial charge in [-0.15, -0.1) is 11.3 Å². The van der Waals surface area contributed by atoms with Gasteiger partial charge in [-0.2, -0.15) is 4.98 Å². The highest BCUT2D eigenvalue weighted by atomic mass is 35.5. The smallest absolute Gasteiger partial charge is 0.225 e. The second-order valence-electron chi connectivity index (χ2n) is 5.53. The molecule has 5 heteroatoms. The summed E-state index contributed by atoms with van der Waals surface area (Å²) < 4.78 is 0. The lowest BCUT2D eigenvalue weighted by molar-refractivity contribution is 1.23. The molecule has 24 heavy (non-hydrogen) atoms. The zero-order valence-corrected chi connectivity index (χ0v) is 14.5. The molecule has 2 heterocycles. The summed E-state index contributed by atoms with van der Waals surface area (Å²) in [4.78, 5) is 9.69. The largest absolute Gasteiger partial charge is 0.340 e. The van der Waals surface area contributed by atoms with E-state index in [4.69, 9.17) is 11.6 Å². The number of aromatic nitrogens is 2. The number of nitrogens with zero attached hydrogens (tertiary/aromatic N) is 2. The maximum absolute atomic E-state index is 6.12. The van der Waals surface area contributed by atoms with Crippen LogP contribution in [0.2, 0.25) is 5.28 Å².